The number of benzene rings is 3. The van der Waals surface area contributed by atoms with Crippen molar-refractivity contribution >= 4 is 11.9 Å². The molecule has 0 heterocycles. The summed E-state index contributed by atoms with van der Waals surface area (Å²) in [5.74, 6) is 0.825. The Morgan fingerprint density at radius 3 is 1.74 bits per heavy atom. The molecule has 3 aromatic rings. The average molecular weight is 517 g/mol. The Bertz CT molecular complexity index is 1070. The van der Waals surface area contributed by atoms with Crippen LogP contribution in [-0.2, 0) is 11.4 Å². The molecule has 0 spiro atoms. The van der Waals surface area contributed by atoms with Crippen molar-refractivity contribution in [3.8, 4) is 17.2 Å². The van der Waals surface area contributed by atoms with E-state index in [0.29, 0.717) is 35.8 Å². The number of hydrogen-bond acceptors (Lipinski definition) is 5. The van der Waals surface area contributed by atoms with Gasteiger partial charge in [0.05, 0.1) is 5.56 Å². The molecule has 0 amide bonds. The zero-order valence-corrected chi connectivity index (χ0v) is 22.5. The molecule has 0 aromatic heterocycles. The van der Waals surface area contributed by atoms with E-state index < -0.39 is 5.97 Å². The molecule has 0 fully saturated rings. The van der Waals surface area contributed by atoms with Crippen LogP contribution in [0.15, 0.2) is 78.9 Å². The Morgan fingerprint density at radius 1 is 0.579 bits per heavy atom. The second-order valence-corrected chi connectivity index (χ2v) is 9.57. The molecule has 0 atom stereocenters. The minimum atomic E-state index is -0.480. The molecule has 202 valence electrons. The minimum absolute atomic E-state index is 0.241. The molecule has 0 N–H and O–H groups in total. The maximum atomic E-state index is 12.5. The lowest BCUT2D eigenvalue weighted by Gasteiger charge is -2.09. The molecule has 3 aromatic carbocycles. The van der Waals surface area contributed by atoms with E-state index in [1.165, 1.54) is 51.4 Å². The van der Waals surface area contributed by atoms with Gasteiger partial charge in [-0.3, -0.25) is 4.79 Å². The Hall–Kier alpha value is -3.60. The standard InChI is InChI=1S/C33H40O5/c1-2-3-4-5-6-7-8-9-10-14-17-32(34)37-30-20-18-28(19-21-30)33(35)38-31-24-22-29(23-25-31)36-26-27-15-12-11-13-16-27/h11-13,15-16,18-25H,2-10,14,17,26H2,1H3. The summed E-state index contributed by atoms with van der Waals surface area (Å²) in [6.07, 6.45) is 12.6. The normalized spacial score (nSPS) is 10.7. The van der Waals surface area contributed by atoms with Crippen molar-refractivity contribution in [3.63, 3.8) is 0 Å². The molecule has 0 radical (unpaired) electrons. The molecule has 0 unspecified atom stereocenters. The Kier molecular flexibility index (Phi) is 13.0. The first-order chi connectivity index (χ1) is 18.6. The van der Waals surface area contributed by atoms with Crippen molar-refractivity contribution in [2.75, 3.05) is 0 Å². The quantitative estimate of drug-likeness (QED) is 0.102. The monoisotopic (exact) mass is 516 g/mol. The molecule has 0 aliphatic heterocycles. The summed E-state index contributed by atoms with van der Waals surface area (Å²) < 4.78 is 16.6. The van der Waals surface area contributed by atoms with Gasteiger partial charge < -0.3 is 14.2 Å². The summed E-state index contributed by atoms with van der Waals surface area (Å²) in [6.45, 7) is 2.71. The van der Waals surface area contributed by atoms with Crippen LogP contribution in [0.1, 0.15) is 93.5 Å². The fraction of sp³-hybridized carbons (Fsp3) is 0.394. The minimum Gasteiger partial charge on any atom is -0.489 e. The van der Waals surface area contributed by atoms with Gasteiger partial charge in [-0.05, 0) is 60.5 Å². The van der Waals surface area contributed by atoms with E-state index in [1.54, 1.807) is 48.5 Å². The maximum Gasteiger partial charge on any atom is 0.343 e. The lowest BCUT2D eigenvalue weighted by atomic mass is 10.1. The molecule has 0 saturated carbocycles. The van der Waals surface area contributed by atoms with E-state index in [4.69, 9.17) is 14.2 Å². The SMILES string of the molecule is CCCCCCCCCCCCC(=O)Oc1ccc(C(=O)Oc2ccc(OCc3ccccc3)cc2)cc1. The van der Waals surface area contributed by atoms with Gasteiger partial charge in [0.15, 0.2) is 0 Å². The molecule has 5 heteroatoms. The average Bonchev–Trinajstić information content (AvgIpc) is 2.94. The van der Waals surface area contributed by atoms with E-state index in [0.717, 1.165) is 18.4 Å². The second kappa shape index (κ2) is 17.0. The van der Waals surface area contributed by atoms with Crippen molar-refractivity contribution in [2.45, 2.75) is 84.2 Å². The van der Waals surface area contributed by atoms with Crippen LogP contribution in [-0.4, -0.2) is 11.9 Å². The Morgan fingerprint density at radius 2 is 1.11 bits per heavy atom. The first-order valence-electron chi connectivity index (χ1n) is 13.9. The summed E-state index contributed by atoms with van der Waals surface area (Å²) in [7, 11) is 0. The summed E-state index contributed by atoms with van der Waals surface area (Å²) >= 11 is 0. The lowest BCUT2D eigenvalue weighted by Crippen LogP contribution is -2.10. The Labute approximate surface area is 227 Å². The van der Waals surface area contributed by atoms with Crippen molar-refractivity contribution in [1.29, 1.82) is 0 Å². The van der Waals surface area contributed by atoms with Crippen LogP contribution < -0.4 is 14.2 Å². The molecule has 3 rings (SSSR count). The van der Waals surface area contributed by atoms with Gasteiger partial charge in [-0.15, -0.1) is 0 Å². The van der Waals surface area contributed by atoms with E-state index in [9.17, 15) is 9.59 Å². The topological polar surface area (TPSA) is 61.8 Å². The number of unbranched alkanes of at least 4 members (excludes halogenated alkanes) is 9. The third kappa shape index (κ3) is 11.2. The van der Waals surface area contributed by atoms with Crippen molar-refractivity contribution in [1.82, 2.24) is 0 Å². The highest BCUT2D eigenvalue weighted by Crippen LogP contribution is 2.21. The number of hydrogen-bond donors (Lipinski definition) is 0. The highest BCUT2D eigenvalue weighted by Gasteiger charge is 2.11. The fourth-order valence-electron chi connectivity index (χ4n) is 4.11. The van der Waals surface area contributed by atoms with Crippen LogP contribution in [0.2, 0.25) is 0 Å². The molecule has 0 aliphatic carbocycles. The first-order valence-corrected chi connectivity index (χ1v) is 13.9. The maximum absolute atomic E-state index is 12.5. The molecule has 5 nitrogen and oxygen atoms in total. The van der Waals surface area contributed by atoms with Gasteiger partial charge in [-0.1, -0.05) is 95.0 Å². The zero-order chi connectivity index (χ0) is 26.8. The summed E-state index contributed by atoms with van der Waals surface area (Å²) in [6, 6.07) is 23.3. The second-order valence-electron chi connectivity index (χ2n) is 9.57. The number of rotatable bonds is 17. The van der Waals surface area contributed by atoms with Gasteiger partial charge >= 0.3 is 11.9 Å². The van der Waals surface area contributed by atoms with Gasteiger partial charge in [0, 0.05) is 6.42 Å². The number of carbonyl (C=O) groups excluding carboxylic acids is 2. The summed E-state index contributed by atoms with van der Waals surface area (Å²) in [5, 5.41) is 0. The van der Waals surface area contributed by atoms with Gasteiger partial charge in [-0.2, -0.15) is 0 Å². The lowest BCUT2D eigenvalue weighted by molar-refractivity contribution is -0.134. The van der Waals surface area contributed by atoms with Crippen LogP contribution in [0.3, 0.4) is 0 Å². The molecule has 38 heavy (non-hydrogen) atoms. The highest BCUT2D eigenvalue weighted by atomic mass is 16.5. The van der Waals surface area contributed by atoms with Gasteiger partial charge in [0.2, 0.25) is 0 Å². The van der Waals surface area contributed by atoms with Crippen LogP contribution in [0.25, 0.3) is 0 Å². The number of esters is 2. The van der Waals surface area contributed by atoms with E-state index in [-0.39, 0.29) is 5.97 Å². The Balaban J connectivity index is 1.31. The van der Waals surface area contributed by atoms with Gasteiger partial charge in [0.1, 0.15) is 23.9 Å². The highest BCUT2D eigenvalue weighted by molar-refractivity contribution is 5.91. The van der Waals surface area contributed by atoms with Crippen molar-refractivity contribution < 1.29 is 23.8 Å². The first kappa shape index (κ1) is 29.0. The smallest absolute Gasteiger partial charge is 0.343 e. The summed E-state index contributed by atoms with van der Waals surface area (Å²) in [4.78, 5) is 24.6. The predicted molar refractivity (Wildman–Crippen MR) is 151 cm³/mol. The summed E-state index contributed by atoms with van der Waals surface area (Å²) in [5.41, 5.74) is 1.46. The molecular formula is C33H40O5. The largest absolute Gasteiger partial charge is 0.489 e. The molecule has 0 bridgehead atoms. The molecule has 0 saturated heterocycles. The number of ether oxygens (including phenoxy) is 3. The van der Waals surface area contributed by atoms with Gasteiger partial charge in [0.25, 0.3) is 0 Å². The van der Waals surface area contributed by atoms with Gasteiger partial charge in [-0.25, -0.2) is 4.79 Å². The van der Waals surface area contributed by atoms with Crippen LogP contribution in [0.5, 0.6) is 17.2 Å². The van der Waals surface area contributed by atoms with Crippen LogP contribution >= 0.6 is 0 Å². The zero-order valence-electron chi connectivity index (χ0n) is 22.5. The number of carbonyl (C=O) groups is 2. The predicted octanol–water partition coefficient (Wildman–Crippen LogP) is 8.70. The van der Waals surface area contributed by atoms with E-state index in [2.05, 4.69) is 6.92 Å². The van der Waals surface area contributed by atoms with E-state index in [1.807, 2.05) is 30.3 Å². The molecule has 0 aliphatic rings. The fourth-order valence-corrected chi connectivity index (χ4v) is 4.11. The van der Waals surface area contributed by atoms with Crippen molar-refractivity contribution in [3.05, 3.63) is 90.0 Å². The van der Waals surface area contributed by atoms with E-state index >= 15 is 0 Å². The molecular weight excluding hydrogens is 476 g/mol. The van der Waals surface area contributed by atoms with Crippen LogP contribution in [0, 0.1) is 0 Å². The van der Waals surface area contributed by atoms with Crippen LogP contribution in [0.4, 0.5) is 0 Å². The van der Waals surface area contributed by atoms with Crippen molar-refractivity contribution in [2.24, 2.45) is 0 Å². The third-order valence-corrected chi connectivity index (χ3v) is 6.34. The third-order valence-electron chi connectivity index (χ3n) is 6.34.